The number of rotatable bonds is 3. The van der Waals surface area contributed by atoms with Crippen molar-refractivity contribution in [1.29, 1.82) is 0 Å². The third-order valence-electron chi connectivity index (χ3n) is 2.74. The Morgan fingerprint density at radius 1 is 1.25 bits per heavy atom. The van der Waals surface area contributed by atoms with Gasteiger partial charge in [0.05, 0.1) is 0 Å². The molecule has 1 aliphatic carbocycles. The first-order valence-corrected chi connectivity index (χ1v) is 5.03. The van der Waals surface area contributed by atoms with Gasteiger partial charge in [-0.05, 0) is 40.4 Å². The van der Waals surface area contributed by atoms with Crippen molar-refractivity contribution in [2.24, 2.45) is 0 Å². The van der Waals surface area contributed by atoms with Crippen molar-refractivity contribution in [3.63, 3.8) is 0 Å². The van der Waals surface area contributed by atoms with Gasteiger partial charge in [0.25, 0.3) is 0 Å². The van der Waals surface area contributed by atoms with Crippen molar-refractivity contribution < 1.29 is 0 Å². The van der Waals surface area contributed by atoms with Crippen molar-refractivity contribution in [2.75, 3.05) is 27.7 Å². The molecule has 0 aromatic rings. The Bertz CT molecular complexity index is 106. The largest absolute Gasteiger partial charge is 0.318 e. The molecular formula is C10H24N2. The lowest BCUT2D eigenvalue weighted by Crippen LogP contribution is -2.55. The fourth-order valence-electron chi connectivity index (χ4n) is 1.70. The third kappa shape index (κ3) is 2.46. The molecule has 1 saturated carbocycles. The maximum absolute atomic E-state index is 3.25. The van der Waals surface area contributed by atoms with Crippen LogP contribution in [0.1, 0.15) is 33.1 Å². The van der Waals surface area contributed by atoms with Crippen LogP contribution < -0.4 is 5.32 Å². The summed E-state index contributed by atoms with van der Waals surface area (Å²) in [4.78, 5) is 2.35. The van der Waals surface area contributed by atoms with Crippen molar-refractivity contribution in [3.05, 3.63) is 0 Å². The van der Waals surface area contributed by atoms with Gasteiger partial charge in [-0.15, -0.1) is 0 Å². The number of hydrogen-bond donors (Lipinski definition) is 1. The van der Waals surface area contributed by atoms with E-state index in [1.165, 1.54) is 19.3 Å². The van der Waals surface area contributed by atoms with Crippen LogP contribution in [0.15, 0.2) is 0 Å². The van der Waals surface area contributed by atoms with E-state index < -0.39 is 0 Å². The number of nitrogens with zero attached hydrogens (tertiary/aromatic N) is 1. The fourth-order valence-corrected chi connectivity index (χ4v) is 1.70. The lowest BCUT2D eigenvalue weighted by atomic mass is 9.76. The molecule has 2 nitrogen and oxygen atoms in total. The Balaban J connectivity index is 0.000000561. The average Bonchev–Trinajstić information content (AvgIpc) is 2.00. The van der Waals surface area contributed by atoms with Gasteiger partial charge in [-0.25, -0.2) is 0 Å². The first kappa shape index (κ1) is 11.9. The maximum Gasteiger partial charge on any atom is 0.0327 e. The molecule has 0 unspecified atom stereocenters. The molecule has 0 amide bonds. The summed E-state index contributed by atoms with van der Waals surface area (Å²) in [6, 6.07) is 0. The van der Waals surface area contributed by atoms with Gasteiger partial charge >= 0.3 is 0 Å². The quantitative estimate of drug-likeness (QED) is 0.697. The maximum atomic E-state index is 3.25. The number of hydrogen-bond acceptors (Lipinski definition) is 2. The smallest absolute Gasteiger partial charge is 0.0327 e. The normalized spacial score (nSPS) is 19.5. The van der Waals surface area contributed by atoms with Crippen LogP contribution in [0.25, 0.3) is 0 Å². The zero-order valence-electron chi connectivity index (χ0n) is 9.28. The van der Waals surface area contributed by atoms with Crippen LogP contribution in [0.3, 0.4) is 0 Å². The molecule has 1 fully saturated rings. The Morgan fingerprint density at radius 3 is 1.83 bits per heavy atom. The zero-order valence-corrected chi connectivity index (χ0v) is 9.28. The van der Waals surface area contributed by atoms with E-state index in [1.54, 1.807) is 0 Å². The second-order valence-corrected chi connectivity index (χ2v) is 3.50. The van der Waals surface area contributed by atoms with Gasteiger partial charge in [0.2, 0.25) is 0 Å². The van der Waals surface area contributed by atoms with Crippen LogP contribution in [0.4, 0.5) is 0 Å². The number of nitrogens with one attached hydrogen (secondary N) is 1. The minimum atomic E-state index is 0.495. The van der Waals surface area contributed by atoms with E-state index in [-0.39, 0.29) is 0 Å². The Labute approximate surface area is 77.3 Å². The van der Waals surface area contributed by atoms with Crippen molar-refractivity contribution in [1.82, 2.24) is 10.2 Å². The minimum absolute atomic E-state index is 0.495. The van der Waals surface area contributed by atoms with Gasteiger partial charge in [-0.2, -0.15) is 0 Å². The predicted octanol–water partition coefficient (Wildman–Crippen LogP) is 1.72. The molecule has 1 rings (SSSR count). The summed E-state index contributed by atoms with van der Waals surface area (Å²) in [5, 5.41) is 3.25. The zero-order chi connectivity index (χ0) is 9.61. The standard InChI is InChI=1S/C8H18N2.C2H6/c1-9-7-8(10(2)3)5-4-6-8;1-2/h9H,4-7H2,1-3H3;1-2H3. The molecule has 1 aliphatic rings. The third-order valence-corrected chi connectivity index (χ3v) is 2.74. The molecule has 0 aromatic carbocycles. The lowest BCUT2D eigenvalue weighted by Gasteiger charge is -2.47. The lowest BCUT2D eigenvalue weighted by molar-refractivity contribution is 0.0622. The molecule has 0 spiro atoms. The fraction of sp³-hybridized carbons (Fsp3) is 1.00. The Hall–Kier alpha value is -0.0800. The van der Waals surface area contributed by atoms with E-state index in [0.717, 1.165) is 6.54 Å². The average molecular weight is 172 g/mol. The highest BCUT2D eigenvalue weighted by Gasteiger charge is 2.37. The number of likely N-dealkylation sites (N-methyl/N-ethyl adjacent to an activating group) is 2. The van der Waals surface area contributed by atoms with E-state index >= 15 is 0 Å². The molecule has 0 heterocycles. The highest BCUT2D eigenvalue weighted by Crippen LogP contribution is 2.35. The summed E-state index contributed by atoms with van der Waals surface area (Å²) in [7, 11) is 6.39. The highest BCUT2D eigenvalue weighted by atomic mass is 15.2. The van der Waals surface area contributed by atoms with Gasteiger partial charge < -0.3 is 10.2 Å². The molecule has 0 saturated heterocycles. The van der Waals surface area contributed by atoms with Crippen LogP contribution in [0.5, 0.6) is 0 Å². The summed E-state index contributed by atoms with van der Waals surface area (Å²) in [6.07, 6.45) is 4.13. The molecule has 0 bridgehead atoms. The summed E-state index contributed by atoms with van der Waals surface area (Å²) in [6.45, 7) is 5.14. The first-order valence-electron chi connectivity index (χ1n) is 5.03. The van der Waals surface area contributed by atoms with Crippen LogP contribution in [0.2, 0.25) is 0 Å². The molecule has 74 valence electrons. The topological polar surface area (TPSA) is 15.3 Å². The predicted molar refractivity (Wildman–Crippen MR) is 55.5 cm³/mol. The van der Waals surface area contributed by atoms with Crippen molar-refractivity contribution in [2.45, 2.75) is 38.6 Å². The van der Waals surface area contributed by atoms with Gasteiger partial charge in [-0.1, -0.05) is 13.8 Å². The molecular weight excluding hydrogens is 148 g/mol. The van der Waals surface area contributed by atoms with Crippen molar-refractivity contribution >= 4 is 0 Å². The van der Waals surface area contributed by atoms with E-state index in [9.17, 15) is 0 Å². The minimum Gasteiger partial charge on any atom is -0.318 e. The van der Waals surface area contributed by atoms with E-state index in [0.29, 0.717) is 5.54 Å². The second-order valence-electron chi connectivity index (χ2n) is 3.50. The first-order chi connectivity index (χ1) is 5.71. The highest BCUT2D eigenvalue weighted by molar-refractivity contribution is 4.96. The van der Waals surface area contributed by atoms with Gasteiger partial charge in [0.1, 0.15) is 0 Å². The summed E-state index contributed by atoms with van der Waals surface area (Å²) in [5.74, 6) is 0. The summed E-state index contributed by atoms with van der Waals surface area (Å²) in [5.41, 5.74) is 0.495. The van der Waals surface area contributed by atoms with E-state index in [2.05, 4.69) is 24.3 Å². The molecule has 0 aliphatic heterocycles. The molecule has 1 N–H and O–H groups in total. The summed E-state index contributed by atoms with van der Waals surface area (Å²) >= 11 is 0. The molecule has 0 radical (unpaired) electrons. The Kier molecular flexibility index (Phi) is 5.51. The van der Waals surface area contributed by atoms with Crippen LogP contribution in [-0.2, 0) is 0 Å². The van der Waals surface area contributed by atoms with Gasteiger partial charge in [0.15, 0.2) is 0 Å². The van der Waals surface area contributed by atoms with Crippen LogP contribution in [0, 0.1) is 0 Å². The molecule has 2 heteroatoms. The van der Waals surface area contributed by atoms with Gasteiger partial charge in [0, 0.05) is 12.1 Å². The van der Waals surface area contributed by atoms with E-state index in [4.69, 9.17) is 0 Å². The van der Waals surface area contributed by atoms with Crippen LogP contribution in [-0.4, -0.2) is 38.1 Å². The van der Waals surface area contributed by atoms with Crippen LogP contribution >= 0.6 is 0 Å². The van der Waals surface area contributed by atoms with Gasteiger partial charge in [-0.3, -0.25) is 0 Å². The second kappa shape index (κ2) is 5.55. The molecule has 0 aromatic heterocycles. The molecule has 0 atom stereocenters. The Morgan fingerprint density at radius 2 is 1.75 bits per heavy atom. The SMILES string of the molecule is CC.CNCC1(N(C)C)CCC1. The summed E-state index contributed by atoms with van der Waals surface area (Å²) < 4.78 is 0. The monoisotopic (exact) mass is 172 g/mol. The van der Waals surface area contributed by atoms with Crippen molar-refractivity contribution in [3.8, 4) is 0 Å². The van der Waals surface area contributed by atoms with E-state index in [1.807, 2.05) is 20.9 Å². The molecule has 12 heavy (non-hydrogen) atoms.